The summed E-state index contributed by atoms with van der Waals surface area (Å²) in [6.45, 7) is 4.45. The lowest BCUT2D eigenvalue weighted by atomic mass is 10.2. The SMILES string of the molecule is C=CCOc1ccc(C=NNC(=O)c2ccccc2OCc2ccccc2)cc1. The van der Waals surface area contributed by atoms with Crippen LogP contribution in [0.3, 0.4) is 0 Å². The molecule has 1 amide bonds. The molecular formula is C24H22N2O3. The fourth-order valence-corrected chi connectivity index (χ4v) is 2.55. The number of nitrogens with zero attached hydrogens (tertiary/aromatic N) is 1. The molecule has 3 aromatic rings. The minimum atomic E-state index is -0.337. The Balaban J connectivity index is 1.59. The lowest BCUT2D eigenvalue weighted by molar-refractivity contribution is 0.0950. The predicted molar refractivity (Wildman–Crippen MR) is 114 cm³/mol. The summed E-state index contributed by atoms with van der Waals surface area (Å²) < 4.78 is 11.3. The van der Waals surface area contributed by atoms with E-state index in [-0.39, 0.29) is 5.91 Å². The fourth-order valence-electron chi connectivity index (χ4n) is 2.55. The Kier molecular flexibility index (Phi) is 7.18. The highest BCUT2D eigenvalue weighted by Gasteiger charge is 2.11. The molecule has 0 aromatic heterocycles. The van der Waals surface area contributed by atoms with Crippen LogP contribution in [0.25, 0.3) is 0 Å². The maximum absolute atomic E-state index is 12.5. The number of para-hydroxylation sites is 1. The Morgan fingerprint density at radius 3 is 2.41 bits per heavy atom. The molecular weight excluding hydrogens is 364 g/mol. The number of benzene rings is 3. The number of carbonyl (C=O) groups is 1. The van der Waals surface area contributed by atoms with Gasteiger partial charge in [-0.25, -0.2) is 5.43 Å². The molecule has 0 unspecified atom stereocenters. The quantitative estimate of drug-likeness (QED) is 0.332. The normalized spacial score (nSPS) is 10.5. The highest BCUT2D eigenvalue weighted by molar-refractivity contribution is 5.97. The number of rotatable bonds is 9. The summed E-state index contributed by atoms with van der Waals surface area (Å²) in [7, 11) is 0. The molecule has 0 saturated heterocycles. The molecule has 0 aliphatic carbocycles. The van der Waals surface area contributed by atoms with Crippen molar-refractivity contribution in [2.45, 2.75) is 6.61 Å². The highest BCUT2D eigenvalue weighted by atomic mass is 16.5. The van der Waals surface area contributed by atoms with Crippen LogP contribution in [0.5, 0.6) is 11.5 Å². The number of amides is 1. The zero-order valence-electron chi connectivity index (χ0n) is 16.0. The Morgan fingerprint density at radius 2 is 1.66 bits per heavy atom. The van der Waals surface area contributed by atoms with E-state index in [1.807, 2.05) is 60.7 Å². The van der Waals surface area contributed by atoms with E-state index in [1.54, 1.807) is 30.5 Å². The molecule has 146 valence electrons. The third-order valence-electron chi connectivity index (χ3n) is 4.00. The third kappa shape index (κ3) is 6.07. The molecule has 0 saturated carbocycles. The van der Waals surface area contributed by atoms with Crippen LogP contribution in [-0.4, -0.2) is 18.7 Å². The van der Waals surface area contributed by atoms with Gasteiger partial charge in [0.25, 0.3) is 5.91 Å². The van der Waals surface area contributed by atoms with Crippen molar-refractivity contribution in [3.8, 4) is 11.5 Å². The standard InChI is InChI=1S/C24H22N2O3/c1-2-16-28-21-14-12-19(13-15-21)17-25-26-24(27)22-10-6-7-11-23(22)29-18-20-8-4-3-5-9-20/h2-15,17H,1,16,18H2,(H,26,27). The van der Waals surface area contributed by atoms with Gasteiger partial charge in [0, 0.05) is 0 Å². The van der Waals surface area contributed by atoms with Crippen LogP contribution in [0.1, 0.15) is 21.5 Å². The zero-order chi connectivity index (χ0) is 20.3. The molecule has 5 nitrogen and oxygen atoms in total. The number of hydrazone groups is 1. The maximum atomic E-state index is 12.5. The van der Waals surface area contributed by atoms with Gasteiger partial charge in [-0.15, -0.1) is 0 Å². The van der Waals surface area contributed by atoms with Crippen LogP contribution in [0, 0.1) is 0 Å². The molecule has 0 radical (unpaired) electrons. The average Bonchev–Trinajstić information content (AvgIpc) is 2.78. The largest absolute Gasteiger partial charge is 0.490 e. The van der Waals surface area contributed by atoms with E-state index in [4.69, 9.17) is 9.47 Å². The molecule has 29 heavy (non-hydrogen) atoms. The van der Waals surface area contributed by atoms with E-state index in [0.717, 1.165) is 16.9 Å². The topological polar surface area (TPSA) is 59.9 Å². The van der Waals surface area contributed by atoms with E-state index in [9.17, 15) is 4.79 Å². The van der Waals surface area contributed by atoms with Gasteiger partial charge >= 0.3 is 0 Å². The van der Waals surface area contributed by atoms with Gasteiger partial charge in [0.1, 0.15) is 24.7 Å². The Bertz CT molecular complexity index is 967. The first kappa shape index (κ1) is 19.9. The van der Waals surface area contributed by atoms with Crippen LogP contribution < -0.4 is 14.9 Å². The molecule has 3 aromatic carbocycles. The molecule has 0 fully saturated rings. The van der Waals surface area contributed by atoms with Crippen molar-refractivity contribution in [2.75, 3.05) is 6.61 Å². The fraction of sp³-hybridized carbons (Fsp3) is 0.0833. The van der Waals surface area contributed by atoms with E-state index in [0.29, 0.717) is 24.5 Å². The molecule has 0 bridgehead atoms. The van der Waals surface area contributed by atoms with Gasteiger partial charge in [0.2, 0.25) is 0 Å². The number of ether oxygens (including phenoxy) is 2. The first-order valence-electron chi connectivity index (χ1n) is 9.19. The molecule has 0 aliphatic rings. The number of hydrogen-bond donors (Lipinski definition) is 1. The molecule has 3 rings (SSSR count). The van der Waals surface area contributed by atoms with Crippen LogP contribution in [-0.2, 0) is 6.61 Å². The predicted octanol–water partition coefficient (Wildman–Crippen LogP) is 4.59. The van der Waals surface area contributed by atoms with E-state index < -0.39 is 0 Å². The smallest absolute Gasteiger partial charge is 0.275 e. The van der Waals surface area contributed by atoms with Crippen LogP contribution in [0.15, 0.2) is 96.6 Å². The average molecular weight is 386 g/mol. The first-order valence-corrected chi connectivity index (χ1v) is 9.19. The highest BCUT2D eigenvalue weighted by Crippen LogP contribution is 2.19. The molecule has 1 N–H and O–H groups in total. The van der Waals surface area contributed by atoms with Crippen molar-refractivity contribution in [2.24, 2.45) is 5.10 Å². The minimum Gasteiger partial charge on any atom is -0.490 e. The summed E-state index contributed by atoms with van der Waals surface area (Å²) in [4.78, 5) is 12.5. The molecule has 0 aliphatic heterocycles. The summed E-state index contributed by atoms with van der Waals surface area (Å²) in [5.41, 5.74) is 4.83. The summed E-state index contributed by atoms with van der Waals surface area (Å²) in [5.74, 6) is 0.916. The number of hydrogen-bond acceptors (Lipinski definition) is 4. The number of carbonyl (C=O) groups excluding carboxylic acids is 1. The van der Waals surface area contributed by atoms with Gasteiger partial charge in [-0.1, -0.05) is 55.1 Å². The Hall–Kier alpha value is -3.86. The maximum Gasteiger partial charge on any atom is 0.275 e. The van der Waals surface area contributed by atoms with Crippen LogP contribution in [0.4, 0.5) is 0 Å². The van der Waals surface area contributed by atoms with Gasteiger partial charge in [-0.05, 0) is 47.5 Å². The second-order valence-electron chi connectivity index (χ2n) is 6.14. The Labute approximate surface area is 170 Å². The van der Waals surface area contributed by atoms with Crippen molar-refractivity contribution in [1.82, 2.24) is 5.43 Å². The van der Waals surface area contributed by atoms with Crippen molar-refractivity contribution < 1.29 is 14.3 Å². The molecule has 0 spiro atoms. The summed E-state index contributed by atoms with van der Waals surface area (Å²) in [5, 5.41) is 4.03. The summed E-state index contributed by atoms with van der Waals surface area (Å²) >= 11 is 0. The lowest BCUT2D eigenvalue weighted by Gasteiger charge is -2.10. The van der Waals surface area contributed by atoms with Crippen LogP contribution in [0.2, 0.25) is 0 Å². The zero-order valence-corrected chi connectivity index (χ0v) is 16.0. The van der Waals surface area contributed by atoms with Crippen molar-refractivity contribution in [3.05, 3.63) is 108 Å². The van der Waals surface area contributed by atoms with Gasteiger partial charge in [-0.2, -0.15) is 5.10 Å². The van der Waals surface area contributed by atoms with E-state index in [2.05, 4.69) is 17.1 Å². The van der Waals surface area contributed by atoms with Crippen LogP contribution >= 0.6 is 0 Å². The molecule has 0 atom stereocenters. The van der Waals surface area contributed by atoms with E-state index >= 15 is 0 Å². The van der Waals surface area contributed by atoms with Crippen molar-refractivity contribution in [3.63, 3.8) is 0 Å². The second kappa shape index (κ2) is 10.5. The molecule has 5 heteroatoms. The van der Waals surface area contributed by atoms with E-state index in [1.165, 1.54) is 0 Å². The van der Waals surface area contributed by atoms with Gasteiger partial charge in [0.15, 0.2) is 0 Å². The first-order chi connectivity index (χ1) is 14.3. The third-order valence-corrected chi connectivity index (χ3v) is 4.00. The Morgan fingerprint density at radius 1 is 0.931 bits per heavy atom. The summed E-state index contributed by atoms with van der Waals surface area (Å²) in [6.07, 6.45) is 3.26. The monoisotopic (exact) mass is 386 g/mol. The second-order valence-corrected chi connectivity index (χ2v) is 6.14. The number of nitrogens with one attached hydrogen (secondary N) is 1. The lowest BCUT2D eigenvalue weighted by Crippen LogP contribution is -2.18. The minimum absolute atomic E-state index is 0.337. The van der Waals surface area contributed by atoms with Crippen molar-refractivity contribution in [1.29, 1.82) is 0 Å². The van der Waals surface area contributed by atoms with Gasteiger partial charge in [0.05, 0.1) is 11.8 Å². The molecule has 0 heterocycles. The van der Waals surface area contributed by atoms with Gasteiger partial charge < -0.3 is 9.47 Å². The summed E-state index contributed by atoms with van der Waals surface area (Å²) in [6, 6.07) is 24.3. The van der Waals surface area contributed by atoms with Crippen molar-refractivity contribution >= 4 is 12.1 Å². The van der Waals surface area contributed by atoms with Gasteiger partial charge in [-0.3, -0.25) is 4.79 Å².